The molecule has 4 rings (SSSR count). The fourth-order valence-corrected chi connectivity index (χ4v) is 4.37. The van der Waals surface area contributed by atoms with E-state index in [2.05, 4.69) is 45.4 Å². The Morgan fingerprint density at radius 1 is 1.20 bits per heavy atom. The molecule has 2 aliphatic rings. The molecule has 1 N–H and O–H groups in total. The van der Waals surface area contributed by atoms with E-state index in [9.17, 15) is 5.11 Å². The Labute approximate surface area is 149 Å². The minimum absolute atomic E-state index is 0.303. The number of hydrogen-bond acceptors (Lipinski definition) is 4. The quantitative estimate of drug-likeness (QED) is 0.904. The van der Waals surface area contributed by atoms with Gasteiger partial charge in [-0.05, 0) is 36.9 Å². The van der Waals surface area contributed by atoms with Gasteiger partial charge >= 0.3 is 0 Å². The van der Waals surface area contributed by atoms with Crippen LogP contribution in [0.2, 0.25) is 0 Å². The summed E-state index contributed by atoms with van der Waals surface area (Å²) >= 11 is 0. The Balaban J connectivity index is 1.34. The zero-order valence-corrected chi connectivity index (χ0v) is 15.0. The van der Waals surface area contributed by atoms with Crippen molar-refractivity contribution < 1.29 is 5.11 Å². The van der Waals surface area contributed by atoms with Crippen molar-refractivity contribution in [1.29, 1.82) is 0 Å². The van der Waals surface area contributed by atoms with E-state index in [4.69, 9.17) is 0 Å². The minimum Gasteiger partial charge on any atom is -0.390 e. The van der Waals surface area contributed by atoms with Gasteiger partial charge in [0.25, 0.3) is 0 Å². The molecule has 134 valence electrons. The van der Waals surface area contributed by atoms with Gasteiger partial charge in [-0.15, -0.1) is 0 Å². The van der Waals surface area contributed by atoms with Crippen LogP contribution >= 0.6 is 0 Å². The molecule has 0 unspecified atom stereocenters. The molecule has 5 heteroatoms. The maximum absolute atomic E-state index is 10.7. The van der Waals surface area contributed by atoms with Crippen molar-refractivity contribution in [3.05, 3.63) is 53.3 Å². The molecule has 1 fully saturated rings. The fourth-order valence-electron chi connectivity index (χ4n) is 4.37. The van der Waals surface area contributed by atoms with E-state index in [1.165, 1.54) is 23.1 Å². The monoisotopic (exact) mass is 340 g/mol. The topological polar surface area (TPSA) is 44.5 Å². The molecule has 0 radical (unpaired) electrons. The zero-order valence-electron chi connectivity index (χ0n) is 15.0. The number of benzene rings is 1. The van der Waals surface area contributed by atoms with Gasteiger partial charge in [-0.25, -0.2) is 0 Å². The Hall–Kier alpha value is -1.69. The van der Waals surface area contributed by atoms with Crippen molar-refractivity contribution in [2.75, 3.05) is 26.2 Å². The zero-order chi connectivity index (χ0) is 17.2. The summed E-state index contributed by atoms with van der Waals surface area (Å²) in [4.78, 5) is 4.82. The first-order valence-electron chi connectivity index (χ1n) is 9.39. The van der Waals surface area contributed by atoms with E-state index in [0.29, 0.717) is 6.04 Å². The van der Waals surface area contributed by atoms with Crippen LogP contribution in [-0.2, 0) is 20.0 Å². The van der Waals surface area contributed by atoms with Crippen LogP contribution in [-0.4, -0.2) is 57.0 Å². The summed E-state index contributed by atoms with van der Waals surface area (Å²) < 4.78 is 1.87. The number of fused-ring (bicyclic) bond motifs is 1. The van der Waals surface area contributed by atoms with E-state index in [1.54, 1.807) is 0 Å². The van der Waals surface area contributed by atoms with Crippen LogP contribution in [0.25, 0.3) is 0 Å². The van der Waals surface area contributed by atoms with Gasteiger partial charge in [-0.3, -0.25) is 14.5 Å². The first kappa shape index (κ1) is 16.8. The molecule has 0 spiro atoms. The van der Waals surface area contributed by atoms with Crippen molar-refractivity contribution in [2.24, 2.45) is 7.05 Å². The minimum atomic E-state index is -0.303. The molecular weight excluding hydrogens is 312 g/mol. The third-order valence-corrected chi connectivity index (χ3v) is 5.60. The first-order valence-corrected chi connectivity index (χ1v) is 9.39. The van der Waals surface area contributed by atoms with Gasteiger partial charge in [0.05, 0.1) is 12.3 Å². The molecule has 2 aromatic rings. The van der Waals surface area contributed by atoms with Gasteiger partial charge in [-0.1, -0.05) is 24.3 Å². The van der Waals surface area contributed by atoms with Crippen LogP contribution in [0.15, 0.2) is 36.7 Å². The highest BCUT2D eigenvalue weighted by atomic mass is 16.3. The third kappa shape index (κ3) is 3.78. The average molecular weight is 340 g/mol. The van der Waals surface area contributed by atoms with E-state index in [1.807, 2.05) is 17.9 Å². The predicted octanol–water partition coefficient (Wildman–Crippen LogP) is 1.98. The highest BCUT2D eigenvalue weighted by Crippen LogP contribution is 2.31. The molecule has 3 heterocycles. The number of hydrogen-bond donors (Lipinski definition) is 1. The number of aryl methyl sites for hydroxylation is 1. The number of nitrogens with zero attached hydrogens (tertiary/aromatic N) is 4. The van der Waals surface area contributed by atoms with Gasteiger partial charge in [0.1, 0.15) is 0 Å². The van der Waals surface area contributed by atoms with Gasteiger partial charge in [0.2, 0.25) is 0 Å². The Morgan fingerprint density at radius 2 is 2.04 bits per heavy atom. The summed E-state index contributed by atoms with van der Waals surface area (Å²) in [6, 6.07) is 9.08. The Morgan fingerprint density at radius 3 is 2.84 bits per heavy atom. The van der Waals surface area contributed by atoms with Gasteiger partial charge in [-0.2, -0.15) is 5.10 Å². The summed E-state index contributed by atoms with van der Waals surface area (Å²) in [5.41, 5.74) is 4.15. The standard InChI is InChI=1S/C20H28N4O/c1-22-12-18(11-21-22)20-7-4-9-24(20)15-19(25)14-23-10-8-16-5-2-3-6-17(16)13-23/h2-3,5-6,11-12,19-20,25H,4,7-10,13-15H2,1H3/t19-,20-/m1/s1. The second kappa shape index (κ2) is 7.28. The molecule has 0 amide bonds. The van der Waals surface area contributed by atoms with E-state index < -0.39 is 0 Å². The lowest BCUT2D eigenvalue weighted by atomic mass is 10.00. The fraction of sp³-hybridized carbons (Fsp3) is 0.550. The van der Waals surface area contributed by atoms with Crippen LogP contribution in [0.5, 0.6) is 0 Å². The van der Waals surface area contributed by atoms with E-state index >= 15 is 0 Å². The Bertz CT molecular complexity index is 713. The normalized spacial score (nSPS) is 22.9. The lowest BCUT2D eigenvalue weighted by Gasteiger charge is -2.32. The number of aromatic nitrogens is 2. The number of aliphatic hydroxyl groups is 1. The maximum atomic E-state index is 10.7. The molecule has 0 saturated carbocycles. The van der Waals surface area contributed by atoms with Crippen molar-refractivity contribution in [3.8, 4) is 0 Å². The first-order chi connectivity index (χ1) is 12.2. The average Bonchev–Trinajstić information content (AvgIpc) is 3.23. The van der Waals surface area contributed by atoms with Crippen LogP contribution in [0, 0.1) is 0 Å². The van der Waals surface area contributed by atoms with Crippen molar-refractivity contribution in [1.82, 2.24) is 19.6 Å². The van der Waals surface area contributed by atoms with Crippen LogP contribution in [0.1, 0.15) is 35.6 Å². The van der Waals surface area contributed by atoms with Crippen LogP contribution in [0.3, 0.4) is 0 Å². The summed E-state index contributed by atoms with van der Waals surface area (Å²) in [6.45, 7) is 4.57. The third-order valence-electron chi connectivity index (χ3n) is 5.60. The highest BCUT2D eigenvalue weighted by Gasteiger charge is 2.29. The SMILES string of the molecule is Cn1cc([C@H]2CCCN2C[C@H](O)CN2CCc3ccccc3C2)cn1. The van der Waals surface area contributed by atoms with E-state index in [0.717, 1.165) is 45.6 Å². The summed E-state index contributed by atoms with van der Waals surface area (Å²) in [7, 11) is 1.96. The molecule has 25 heavy (non-hydrogen) atoms. The van der Waals surface area contributed by atoms with E-state index in [-0.39, 0.29) is 6.10 Å². The molecule has 2 aliphatic heterocycles. The number of rotatable bonds is 5. The summed E-state index contributed by atoms with van der Waals surface area (Å²) in [5.74, 6) is 0. The summed E-state index contributed by atoms with van der Waals surface area (Å²) in [5, 5.41) is 15.0. The summed E-state index contributed by atoms with van der Waals surface area (Å²) in [6.07, 6.45) is 7.22. The van der Waals surface area contributed by atoms with Crippen molar-refractivity contribution in [3.63, 3.8) is 0 Å². The molecular formula is C20H28N4O. The van der Waals surface area contributed by atoms with Gasteiger partial charge in [0.15, 0.2) is 0 Å². The molecule has 1 saturated heterocycles. The smallest absolute Gasteiger partial charge is 0.0794 e. The lowest BCUT2D eigenvalue weighted by molar-refractivity contribution is 0.0649. The lowest BCUT2D eigenvalue weighted by Crippen LogP contribution is -2.42. The molecule has 0 aliphatic carbocycles. The second-order valence-electron chi connectivity index (χ2n) is 7.51. The second-order valence-corrected chi connectivity index (χ2v) is 7.51. The maximum Gasteiger partial charge on any atom is 0.0794 e. The van der Waals surface area contributed by atoms with Crippen molar-refractivity contribution >= 4 is 0 Å². The van der Waals surface area contributed by atoms with Gasteiger partial charge in [0, 0.05) is 51.0 Å². The highest BCUT2D eigenvalue weighted by molar-refractivity contribution is 5.29. The Kier molecular flexibility index (Phi) is 4.88. The molecule has 0 bridgehead atoms. The van der Waals surface area contributed by atoms with Crippen LogP contribution in [0.4, 0.5) is 0 Å². The number of β-amino-alcohol motifs (C(OH)–C–C–N with tert-alkyl or cyclic N) is 1. The molecule has 5 nitrogen and oxygen atoms in total. The number of aliphatic hydroxyl groups excluding tert-OH is 1. The van der Waals surface area contributed by atoms with Crippen LogP contribution < -0.4 is 0 Å². The molecule has 2 atom stereocenters. The largest absolute Gasteiger partial charge is 0.390 e. The van der Waals surface area contributed by atoms with Gasteiger partial charge < -0.3 is 5.11 Å². The van der Waals surface area contributed by atoms with Crippen molar-refractivity contribution in [2.45, 2.75) is 38.0 Å². The number of likely N-dealkylation sites (tertiary alicyclic amines) is 1. The molecule has 1 aromatic carbocycles. The predicted molar refractivity (Wildman–Crippen MR) is 98.2 cm³/mol. The molecule has 1 aromatic heterocycles.